The van der Waals surface area contributed by atoms with Crippen molar-refractivity contribution in [3.05, 3.63) is 71.4 Å². The van der Waals surface area contributed by atoms with Gasteiger partial charge in [0.15, 0.2) is 0 Å². The third-order valence-corrected chi connectivity index (χ3v) is 3.46. The van der Waals surface area contributed by atoms with Gasteiger partial charge in [-0.2, -0.15) is 0 Å². The quantitative estimate of drug-likeness (QED) is 0.782. The number of hydrogen-bond donors (Lipinski definition) is 1. The largest absolute Gasteiger partial charge is 0.421 e. The molecule has 3 rings (SSSR count). The fourth-order valence-electron chi connectivity index (χ4n) is 2.24. The lowest BCUT2D eigenvalue weighted by atomic mass is 10.1. The van der Waals surface area contributed by atoms with Gasteiger partial charge in [-0.1, -0.05) is 17.7 Å². The molecule has 5 nitrogen and oxygen atoms in total. The lowest BCUT2D eigenvalue weighted by molar-refractivity contribution is 0.0953. The highest BCUT2D eigenvalue weighted by Crippen LogP contribution is 2.18. The number of halogens is 1. The zero-order valence-electron chi connectivity index (χ0n) is 13.1. The van der Waals surface area contributed by atoms with Crippen LogP contribution in [-0.4, -0.2) is 22.6 Å². The fourth-order valence-corrected chi connectivity index (χ4v) is 2.24. The number of amides is 1. The maximum Gasteiger partial charge on any atom is 0.251 e. The maximum atomic E-state index is 12.8. The molecular weight excluding hydrogens is 309 g/mol. The van der Waals surface area contributed by atoms with Crippen molar-refractivity contribution in [1.82, 2.24) is 15.5 Å². The van der Waals surface area contributed by atoms with Gasteiger partial charge in [-0.3, -0.25) is 4.79 Å². The molecule has 0 aliphatic rings. The molecule has 2 aromatic carbocycles. The summed E-state index contributed by atoms with van der Waals surface area (Å²) in [5.74, 6) is 0.263. The monoisotopic (exact) mass is 325 g/mol. The van der Waals surface area contributed by atoms with Crippen molar-refractivity contribution < 1.29 is 13.6 Å². The number of carbonyl (C=O) groups is 1. The first-order valence-corrected chi connectivity index (χ1v) is 7.55. The van der Waals surface area contributed by atoms with E-state index >= 15 is 0 Å². The predicted molar refractivity (Wildman–Crippen MR) is 86.9 cm³/mol. The Balaban J connectivity index is 1.56. The van der Waals surface area contributed by atoms with Gasteiger partial charge in [-0.25, -0.2) is 4.39 Å². The van der Waals surface area contributed by atoms with Crippen LogP contribution in [0.25, 0.3) is 11.5 Å². The summed E-state index contributed by atoms with van der Waals surface area (Å²) in [6, 6.07) is 13.2. The van der Waals surface area contributed by atoms with Crippen LogP contribution in [0.15, 0.2) is 52.9 Å². The van der Waals surface area contributed by atoms with E-state index in [9.17, 15) is 9.18 Å². The van der Waals surface area contributed by atoms with E-state index in [-0.39, 0.29) is 11.7 Å². The number of nitrogens with zero attached hydrogens (tertiary/aromatic N) is 2. The molecule has 0 aliphatic heterocycles. The topological polar surface area (TPSA) is 68.0 Å². The Morgan fingerprint density at radius 3 is 2.71 bits per heavy atom. The van der Waals surface area contributed by atoms with Gasteiger partial charge in [0.25, 0.3) is 5.91 Å². The smallest absolute Gasteiger partial charge is 0.251 e. The third-order valence-electron chi connectivity index (χ3n) is 3.46. The summed E-state index contributed by atoms with van der Waals surface area (Å²) in [6.45, 7) is 2.34. The number of aryl methyl sites for hydroxylation is 1. The first-order chi connectivity index (χ1) is 11.6. The molecule has 1 N–H and O–H groups in total. The summed E-state index contributed by atoms with van der Waals surface area (Å²) in [4.78, 5) is 11.9. The van der Waals surface area contributed by atoms with Crippen LogP contribution in [0, 0.1) is 12.7 Å². The molecule has 0 saturated carbocycles. The van der Waals surface area contributed by atoms with Gasteiger partial charge in [0.2, 0.25) is 11.8 Å². The fraction of sp³-hybridized carbons (Fsp3) is 0.167. The van der Waals surface area contributed by atoms with E-state index in [0.717, 1.165) is 11.1 Å². The Labute approximate surface area is 138 Å². The van der Waals surface area contributed by atoms with Crippen LogP contribution < -0.4 is 5.32 Å². The second-order valence-electron chi connectivity index (χ2n) is 5.38. The number of nitrogens with one attached hydrogen (secondary N) is 1. The highest BCUT2D eigenvalue weighted by molar-refractivity contribution is 5.94. The SMILES string of the molecule is Cc1cccc(-c2nnc(CCNC(=O)c3ccc(F)cc3)o2)c1. The number of hydrogen-bond acceptors (Lipinski definition) is 4. The van der Waals surface area contributed by atoms with Crippen LogP contribution in [0.1, 0.15) is 21.8 Å². The first-order valence-electron chi connectivity index (χ1n) is 7.55. The average Bonchev–Trinajstić information content (AvgIpc) is 3.04. The third kappa shape index (κ3) is 3.84. The predicted octanol–water partition coefficient (Wildman–Crippen LogP) is 3.16. The second-order valence-corrected chi connectivity index (χ2v) is 5.38. The van der Waals surface area contributed by atoms with Crippen molar-refractivity contribution in [2.45, 2.75) is 13.3 Å². The first kappa shape index (κ1) is 15.9. The van der Waals surface area contributed by atoms with Crippen LogP contribution >= 0.6 is 0 Å². The zero-order valence-corrected chi connectivity index (χ0v) is 13.1. The second kappa shape index (κ2) is 7.04. The van der Waals surface area contributed by atoms with Crippen molar-refractivity contribution in [3.63, 3.8) is 0 Å². The molecule has 0 atom stereocenters. The Morgan fingerprint density at radius 1 is 1.17 bits per heavy atom. The zero-order chi connectivity index (χ0) is 16.9. The molecule has 0 saturated heterocycles. The molecule has 122 valence electrons. The average molecular weight is 325 g/mol. The van der Waals surface area contributed by atoms with Gasteiger partial charge in [0, 0.05) is 24.1 Å². The summed E-state index contributed by atoms with van der Waals surface area (Å²) in [5.41, 5.74) is 2.38. The number of benzene rings is 2. The van der Waals surface area contributed by atoms with Gasteiger partial charge in [-0.05, 0) is 43.3 Å². The van der Waals surface area contributed by atoms with Crippen LogP contribution in [0.5, 0.6) is 0 Å². The number of aromatic nitrogens is 2. The Bertz CT molecular complexity index is 843. The van der Waals surface area contributed by atoms with Gasteiger partial charge < -0.3 is 9.73 Å². The van der Waals surface area contributed by atoms with E-state index in [1.165, 1.54) is 24.3 Å². The standard InChI is InChI=1S/C18H16FN3O2/c1-12-3-2-4-14(11-12)18-22-21-16(24-18)9-10-20-17(23)13-5-7-15(19)8-6-13/h2-8,11H,9-10H2,1H3,(H,20,23). The summed E-state index contributed by atoms with van der Waals surface area (Å²) in [6.07, 6.45) is 0.422. The minimum atomic E-state index is -0.374. The normalized spacial score (nSPS) is 10.6. The Morgan fingerprint density at radius 2 is 1.96 bits per heavy atom. The maximum absolute atomic E-state index is 12.8. The van der Waals surface area contributed by atoms with Crippen molar-refractivity contribution in [3.8, 4) is 11.5 Å². The lowest BCUT2D eigenvalue weighted by Gasteiger charge is -2.03. The molecule has 1 heterocycles. The van der Waals surface area contributed by atoms with E-state index < -0.39 is 0 Å². The molecule has 0 bridgehead atoms. The molecule has 0 fully saturated rings. The molecule has 0 radical (unpaired) electrons. The van der Waals surface area contributed by atoms with Crippen LogP contribution in [0.3, 0.4) is 0 Å². The van der Waals surface area contributed by atoms with E-state index in [2.05, 4.69) is 15.5 Å². The molecule has 0 aliphatic carbocycles. The van der Waals surface area contributed by atoms with Gasteiger partial charge in [0.1, 0.15) is 5.82 Å². The van der Waals surface area contributed by atoms with Crippen molar-refractivity contribution in [1.29, 1.82) is 0 Å². The summed E-state index contributed by atoms with van der Waals surface area (Å²) < 4.78 is 18.4. The Hall–Kier alpha value is -3.02. The highest BCUT2D eigenvalue weighted by Gasteiger charge is 2.10. The molecule has 1 amide bonds. The van der Waals surface area contributed by atoms with Crippen molar-refractivity contribution in [2.75, 3.05) is 6.54 Å². The van der Waals surface area contributed by atoms with Crippen molar-refractivity contribution in [2.24, 2.45) is 0 Å². The molecular formula is C18H16FN3O2. The van der Waals surface area contributed by atoms with Crippen LogP contribution in [0.2, 0.25) is 0 Å². The molecule has 0 spiro atoms. The molecule has 3 aromatic rings. The molecule has 0 unspecified atom stereocenters. The van der Waals surface area contributed by atoms with Gasteiger partial charge >= 0.3 is 0 Å². The van der Waals surface area contributed by atoms with E-state index in [1.54, 1.807) is 0 Å². The highest BCUT2D eigenvalue weighted by atomic mass is 19.1. The molecule has 24 heavy (non-hydrogen) atoms. The summed E-state index contributed by atoms with van der Waals surface area (Å²) in [7, 11) is 0. The number of carbonyl (C=O) groups excluding carboxylic acids is 1. The minimum Gasteiger partial charge on any atom is -0.421 e. The summed E-state index contributed by atoms with van der Waals surface area (Å²) >= 11 is 0. The molecule has 6 heteroatoms. The van der Waals surface area contributed by atoms with E-state index in [1.807, 2.05) is 31.2 Å². The van der Waals surface area contributed by atoms with E-state index in [0.29, 0.717) is 30.3 Å². The van der Waals surface area contributed by atoms with Crippen LogP contribution in [-0.2, 0) is 6.42 Å². The minimum absolute atomic E-state index is 0.270. The van der Waals surface area contributed by atoms with E-state index in [4.69, 9.17) is 4.42 Å². The van der Waals surface area contributed by atoms with Crippen LogP contribution in [0.4, 0.5) is 4.39 Å². The van der Waals surface area contributed by atoms with Crippen molar-refractivity contribution >= 4 is 5.91 Å². The molecule has 1 aromatic heterocycles. The Kier molecular flexibility index (Phi) is 4.65. The van der Waals surface area contributed by atoms with Gasteiger partial charge in [-0.15, -0.1) is 10.2 Å². The van der Waals surface area contributed by atoms with Gasteiger partial charge in [0.05, 0.1) is 0 Å². The number of rotatable bonds is 5. The summed E-state index contributed by atoms with van der Waals surface area (Å²) in [5, 5.41) is 10.7. The lowest BCUT2D eigenvalue weighted by Crippen LogP contribution is -2.25.